The molecule has 0 unspecified atom stereocenters. The van der Waals surface area contributed by atoms with Gasteiger partial charge in [-0.1, -0.05) is 0 Å². The molecule has 10 heteroatoms. The topological polar surface area (TPSA) is 124 Å². The molecule has 0 bridgehead atoms. The van der Waals surface area contributed by atoms with Crippen molar-refractivity contribution in [1.29, 1.82) is 0 Å². The van der Waals surface area contributed by atoms with E-state index in [9.17, 15) is 28.1 Å². The number of hydrogen-bond acceptors (Lipinski definition) is 7. The normalized spacial score (nSPS) is 15.9. The number of Topliss-reactive ketones (excluding diaryl/α,β-unsaturated/α-hetero) is 1. The molecule has 1 aromatic rings. The summed E-state index contributed by atoms with van der Waals surface area (Å²) in [6.07, 6.45) is 0. The number of carbonyl (C=O) groups excluding carboxylic acids is 2. The summed E-state index contributed by atoms with van der Waals surface area (Å²) in [5, 5.41) is 10.7. The van der Waals surface area contributed by atoms with Gasteiger partial charge in [0.1, 0.15) is 11.5 Å². The van der Waals surface area contributed by atoms with E-state index in [-0.39, 0.29) is 12.2 Å². The number of fused-ring (bicyclic) bond motifs is 1. The summed E-state index contributed by atoms with van der Waals surface area (Å²) in [7, 11) is -3.00. The highest BCUT2D eigenvalue weighted by Gasteiger charge is 2.42. The standard InChI is InChI=1S/C11H10N2O7S/c1-20-6-8(14)5-12-11(15)9-3-2-7(13(16)17)4-10(9)21(12,18)19/h2-4H,5-6H2,1H3. The molecule has 112 valence electrons. The molecule has 0 aromatic heterocycles. The van der Waals surface area contributed by atoms with Gasteiger partial charge < -0.3 is 4.74 Å². The number of ether oxygens (including phenoxy) is 1. The first-order valence-corrected chi connectivity index (χ1v) is 7.09. The van der Waals surface area contributed by atoms with Gasteiger partial charge in [-0.3, -0.25) is 19.7 Å². The van der Waals surface area contributed by atoms with Gasteiger partial charge in [0, 0.05) is 19.2 Å². The van der Waals surface area contributed by atoms with Crippen molar-refractivity contribution in [3.63, 3.8) is 0 Å². The van der Waals surface area contributed by atoms with Crippen LogP contribution in [0.1, 0.15) is 10.4 Å². The largest absolute Gasteiger partial charge is 0.377 e. The van der Waals surface area contributed by atoms with Gasteiger partial charge in [-0.15, -0.1) is 0 Å². The molecule has 21 heavy (non-hydrogen) atoms. The van der Waals surface area contributed by atoms with E-state index in [2.05, 4.69) is 4.74 Å². The van der Waals surface area contributed by atoms with Crippen LogP contribution in [-0.4, -0.2) is 49.6 Å². The number of ketones is 1. The predicted octanol–water partition coefficient (Wildman–Crippen LogP) is -0.0452. The number of nitrogens with zero attached hydrogens (tertiary/aromatic N) is 2. The molecule has 1 amide bonds. The SMILES string of the molecule is COCC(=O)CN1C(=O)c2ccc([N+](=O)[O-])cc2S1(=O)=O. The number of methoxy groups -OCH3 is 1. The maximum absolute atomic E-state index is 12.2. The van der Waals surface area contributed by atoms with Crippen LogP contribution in [0.5, 0.6) is 0 Å². The fourth-order valence-electron chi connectivity index (χ4n) is 1.90. The number of hydrogen-bond donors (Lipinski definition) is 0. The summed E-state index contributed by atoms with van der Waals surface area (Å²) in [6.45, 7) is -1.01. The van der Waals surface area contributed by atoms with Crippen molar-refractivity contribution in [2.45, 2.75) is 4.90 Å². The molecule has 0 spiro atoms. The maximum atomic E-state index is 12.2. The highest BCUT2D eigenvalue weighted by Crippen LogP contribution is 2.32. The first-order chi connectivity index (χ1) is 9.78. The van der Waals surface area contributed by atoms with Gasteiger partial charge in [0.2, 0.25) is 0 Å². The Morgan fingerprint density at radius 3 is 2.67 bits per heavy atom. The molecule has 1 heterocycles. The Kier molecular flexibility index (Phi) is 3.75. The maximum Gasteiger partial charge on any atom is 0.270 e. The van der Waals surface area contributed by atoms with E-state index in [1.807, 2.05) is 0 Å². The van der Waals surface area contributed by atoms with Crippen LogP contribution in [0.15, 0.2) is 23.1 Å². The highest BCUT2D eigenvalue weighted by atomic mass is 32.2. The van der Waals surface area contributed by atoms with Crippen LogP contribution in [0.2, 0.25) is 0 Å². The molecule has 1 aromatic carbocycles. The molecule has 0 N–H and O–H groups in total. The van der Waals surface area contributed by atoms with Crippen molar-refractivity contribution >= 4 is 27.4 Å². The second-order valence-electron chi connectivity index (χ2n) is 4.23. The molecule has 0 aliphatic carbocycles. The van der Waals surface area contributed by atoms with Gasteiger partial charge >= 0.3 is 0 Å². The zero-order valence-electron chi connectivity index (χ0n) is 10.8. The smallest absolute Gasteiger partial charge is 0.270 e. The van der Waals surface area contributed by atoms with Crippen molar-refractivity contribution < 1.29 is 27.7 Å². The minimum Gasteiger partial charge on any atom is -0.377 e. The molecule has 0 saturated heterocycles. The van der Waals surface area contributed by atoms with E-state index in [0.29, 0.717) is 4.31 Å². The van der Waals surface area contributed by atoms with Crippen LogP contribution in [0, 0.1) is 10.1 Å². The number of carbonyl (C=O) groups is 2. The van der Waals surface area contributed by atoms with Crippen LogP contribution >= 0.6 is 0 Å². The average Bonchev–Trinajstić information content (AvgIpc) is 2.60. The van der Waals surface area contributed by atoms with Crippen LogP contribution in [-0.2, 0) is 19.6 Å². The molecule has 0 atom stereocenters. The lowest BCUT2D eigenvalue weighted by atomic mass is 10.2. The highest BCUT2D eigenvalue weighted by molar-refractivity contribution is 7.90. The van der Waals surface area contributed by atoms with Crippen molar-refractivity contribution in [1.82, 2.24) is 4.31 Å². The van der Waals surface area contributed by atoms with Gasteiger partial charge in [-0.05, 0) is 6.07 Å². The van der Waals surface area contributed by atoms with E-state index in [0.717, 1.165) is 18.2 Å². The number of nitro groups is 1. The predicted molar refractivity (Wildman–Crippen MR) is 68.2 cm³/mol. The number of amides is 1. The molecule has 1 aliphatic heterocycles. The lowest BCUT2D eigenvalue weighted by molar-refractivity contribution is -0.385. The summed E-state index contributed by atoms with van der Waals surface area (Å²) in [4.78, 5) is 32.9. The number of benzene rings is 1. The minimum absolute atomic E-state index is 0.189. The lowest BCUT2D eigenvalue weighted by Gasteiger charge is -2.13. The quantitative estimate of drug-likeness (QED) is 0.551. The van der Waals surface area contributed by atoms with Gasteiger partial charge in [0.25, 0.3) is 21.6 Å². The second-order valence-corrected chi connectivity index (χ2v) is 6.06. The zero-order chi connectivity index (χ0) is 15.8. The molecule has 0 saturated carbocycles. The molecule has 2 rings (SSSR count). The fourth-order valence-corrected chi connectivity index (χ4v) is 3.47. The van der Waals surface area contributed by atoms with Crippen LogP contribution in [0.3, 0.4) is 0 Å². The molecule has 0 fully saturated rings. The van der Waals surface area contributed by atoms with Gasteiger partial charge in [0.05, 0.1) is 17.0 Å². The van der Waals surface area contributed by atoms with Gasteiger partial charge in [0.15, 0.2) is 5.78 Å². The first-order valence-electron chi connectivity index (χ1n) is 5.65. The fraction of sp³-hybridized carbons (Fsp3) is 0.273. The van der Waals surface area contributed by atoms with Gasteiger partial charge in [-0.25, -0.2) is 12.7 Å². The summed E-state index contributed by atoms with van der Waals surface area (Å²) in [6, 6.07) is 2.91. The number of rotatable bonds is 5. The van der Waals surface area contributed by atoms with E-state index in [1.54, 1.807) is 0 Å². The van der Waals surface area contributed by atoms with Crippen molar-refractivity contribution in [2.75, 3.05) is 20.3 Å². The molecular weight excluding hydrogens is 304 g/mol. The van der Waals surface area contributed by atoms with E-state index < -0.39 is 43.8 Å². The number of non-ortho nitro benzene ring substituents is 1. The third-order valence-electron chi connectivity index (χ3n) is 2.83. The second kappa shape index (κ2) is 5.22. The third kappa shape index (κ3) is 2.50. The van der Waals surface area contributed by atoms with Crippen LogP contribution < -0.4 is 0 Å². The Hall–Kier alpha value is -2.33. The first kappa shape index (κ1) is 15.1. The Balaban J connectivity index is 2.45. The monoisotopic (exact) mass is 314 g/mol. The average molecular weight is 314 g/mol. The van der Waals surface area contributed by atoms with Crippen LogP contribution in [0.25, 0.3) is 0 Å². The Morgan fingerprint density at radius 2 is 2.10 bits per heavy atom. The zero-order valence-corrected chi connectivity index (χ0v) is 11.6. The Bertz CT molecular complexity index is 741. The summed E-state index contributed by atoms with van der Waals surface area (Å²) in [5.74, 6) is -1.49. The van der Waals surface area contributed by atoms with E-state index >= 15 is 0 Å². The molecular formula is C11H10N2O7S. The summed E-state index contributed by atoms with van der Waals surface area (Å²) < 4.78 is 29.4. The number of nitro benzene ring substituents is 1. The van der Waals surface area contributed by atoms with Crippen molar-refractivity contribution in [2.24, 2.45) is 0 Å². The van der Waals surface area contributed by atoms with E-state index in [1.165, 1.54) is 7.11 Å². The Morgan fingerprint density at radius 1 is 1.43 bits per heavy atom. The summed E-state index contributed by atoms with van der Waals surface area (Å²) in [5.41, 5.74) is -0.638. The van der Waals surface area contributed by atoms with Crippen molar-refractivity contribution in [3.8, 4) is 0 Å². The molecule has 0 radical (unpaired) electrons. The van der Waals surface area contributed by atoms with Gasteiger partial charge in [-0.2, -0.15) is 0 Å². The lowest BCUT2D eigenvalue weighted by Crippen LogP contribution is -2.36. The van der Waals surface area contributed by atoms with E-state index in [4.69, 9.17) is 0 Å². The van der Waals surface area contributed by atoms with Crippen molar-refractivity contribution in [3.05, 3.63) is 33.9 Å². The Labute approximate surface area is 119 Å². The molecule has 1 aliphatic rings. The third-order valence-corrected chi connectivity index (χ3v) is 4.60. The minimum atomic E-state index is -4.26. The van der Waals surface area contributed by atoms with Crippen LogP contribution in [0.4, 0.5) is 5.69 Å². The number of sulfonamides is 1. The summed E-state index contributed by atoms with van der Waals surface area (Å²) >= 11 is 0. The molecule has 9 nitrogen and oxygen atoms in total.